The van der Waals surface area contributed by atoms with Gasteiger partial charge in [-0.15, -0.1) is 0 Å². The zero-order valence-electron chi connectivity index (χ0n) is 10.9. The Morgan fingerprint density at radius 3 is 2.55 bits per heavy atom. The fourth-order valence-corrected chi connectivity index (χ4v) is 1.78. The van der Waals surface area contributed by atoms with Gasteiger partial charge < -0.3 is 5.32 Å². The monoisotopic (exact) mass is 289 g/mol. The second-order valence-electron chi connectivity index (χ2n) is 4.34. The molecule has 2 aromatic rings. The molecule has 0 saturated carbocycles. The number of rotatable bonds is 3. The number of carbonyl (C=O) groups excluding carboxylic acids is 1. The number of hydrogen-bond acceptors (Lipinski definition) is 1. The third kappa shape index (κ3) is 3.93. The fourth-order valence-electron chi connectivity index (χ4n) is 1.60. The third-order valence-electron chi connectivity index (χ3n) is 2.74. The third-order valence-corrected chi connectivity index (χ3v) is 3.14. The van der Waals surface area contributed by atoms with Gasteiger partial charge in [-0.2, -0.15) is 0 Å². The summed E-state index contributed by atoms with van der Waals surface area (Å²) in [5.74, 6) is -0.574. The maximum atomic E-state index is 12.7. The molecule has 0 spiro atoms. The van der Waals surface area contributed by atoms with Crippen LogP contribution >= 0.6 is 11.6 Å². The summed E-state index contributed by atoms with van der Waals surface area (Å²) in [6.45, 7) is 1.89. The van der Waals surface area contributed by atoms with Gasteiger partial charge in [0.2, 0.25) is 5.91 Å². The molecule has 0 aliphatic heterocycles. The van der Waals surface area contributed by atoms with Crippen molar-refractivity contribution in [2.75, 3.05) is 5.32 Å². The number of benzene rings is 2. The van der Waals surface area contributed by atoms with Crippen molar-refractivity contribution in [1.29, 1.82) is 0 Å². The number of carbonyl (C=O) groups is 1. The maximum Gasteiger partial charge on any atom is 0.248 e. The van der Waals surface area contributed by atoms with Gasteiger partial charge in [0.25, 0.3) is 0 Å². The van der Waals surface area contributed by atoms with Crippen LogP contribution in [0.5, 0.6) is 0 Å². The highest BCUT2D eigenvalue weighted by molar-refractivity contribution is 6.31. The van der Waals surface area contributed by atoms with Crippen molar-refractivity contribution >= 4 is 29.3 Å². The van der Waals surface area contributed by atoms with E-state index in [1.807, 2.05) is 13.0 Å². The standard InChI is InChI=1S/C16H13ClFNO/c1-11-2-8-14(10-15(11)17)19-16(20)9-5-12-3-6-13(18)7-4-12/h2-10H,1H3,(H,19,20)/b9-5+. The van der Waals surface area contributed by atoms with Gasteiger partial charge in [-0.05, 0) is 48.4 Å². The first-order valence-electron chi connectivity index (χ1n) is 6.05. The van der Waals surface area contributed by atoms with Crippen molar-refractivity contribution in [2.24, 2.45) is 0 Å². The molecule has 0 fully saturated rings. The molecule has 0 aliphatic carbocycles. The normalized spacial score (nSPS) is 10.8. The number of anilines is 1. The number of amides is 1. The van der Waals surface area contributed by atoms with E-state index in [1.165, 1.54) is 18.2 Å². The number of halogens is 2. The van der Waals surface area contributed by atoms with Gasteiger partial charge in [-0.1, -0.05) is 29.8 Å². The second-order valence-corrected chi connectivity index (χ2v) is 4.75. The van der Waals surface area contributed by atoms with E-state index in [0.717, 1.165) is 11.1 Å². The Labute approximate surface area is 121 Å². The second kappa shape index (κ2) is 6.35. The van der Waals surface area contributed by atoms with Gasteiger partial charge in [-0.3, -0.25) is 4.79 Å². The molecule has 0 aromatic heterocycles. The summed E-state index contributed by atoms with van der Waals surface area (Å²) in [6, 6.07) is 11.2. The summed E-state index contributed by atoms with van der Waals surface area (Å²) in [5.41, 5.74) is 2.34. The molecule has 0 aliphatic rings. The van der Waals surface area contributed by atoms with E-state index in [4.69, 9.17) is 11.6 Å². The molecule has 20 heavy (non-hydrogen) atoms. The average molecular weight is 290 g/mol. The minimum atomic E-state index is -0.305. The molecule has 102 valence electrons. The minimum absolute atomic E-state index is 0.269. The van der Waals surface area contributed by atoms with Crippen LogP contribution in [0, 0.1) is 12.7 Å². The topological polar surface area (TPSA) is 29.1 Å². The molecular weight excluding hydrogens is 277 g/mol. The van der Waals surface area contributed by atoms with Crippen molar-refractivity contribution in [3.63, 3.8) is 0 Å². The van der Waals surface area contributed by atoms with E-state index in [0.29, 0.717) is 10.7 Å². The highest BCUT2D eigenvalue weighted by Crippen LogP contribution is 2.19. The highest BCUT2D eigenvalue weighted by atomic mass is 35.5. The maximum absolute atomic E-state index is 12.7. The van der Waals surface area contributed by atoms with Crippen molar-refractivity contribution in [2.45, 2.75) is 6.92 Å². The van der Waals surface area contributed by atoms with E-state index in [-0.39, 0.29) is 11.7 Å². The van der Waals surface area contributed by atoms with Crippen LogP contribution in [0.25, 0.3) is 6.08 Å². The Hall–Kier alpha value is -2.13. The van der Waals surface area contributed by atoms with E-state index in [1.54, 1.807) is 30.3 Å². The number of nitrogens with one attached hydrogen (secondary N) is 1. The Bertz CT molecular complexity index is 650. The molecule has 2 rings (SSSR count). The first-order chi connectivity index (χ1) is 9.54. The van der Waals surface area contributed by atoms with Crippen LogP contribution in [0.15, 0.2) is 48.5 Å². The zero-order chi connectivity index (χ0) is 14.5. The lowest BCUT2D eigenvalue weighted by Crippen LogP contribution is -2.07. The lowest BCUT2D eigenvalue weighted by molar-refractivity contribution is -0.111. The molecule has 0 heterocycles. The molecule has 2 aromatic carbocycles. The molecule has 0 saturated heterocycles. The molecule has 0 atom stereocenters. The first-order valence-corrected chi connectivity index (χ1v) is 6.43. The molecule has 1 amide bonds. The Morgan fingerprint density at radius 1 is 1.20 bits per heavy atom. The van der Waals surface area contributed by atoms with Gasteiger partial charge in [0.15, 0.2) is 0 Å². The Morgan fingerprint density at radius 2 is 1.90 bits per heavy atom. The van der Waals surface area contributed by atoms with Crippen LogP contribution < -0.4 is 5.32 Å². The predicted octanol–water partition coefficient (Wildman–Crippen LogP) is 4.44. The van der Waals surface area contributed by atoms with Gasteiger partial charge >= 0.3 is 0 Å². The van der Waals surface area contributed by atoms with E-state index >= 15 is 0 Å². The summed E-state index contributed by atoms with van der Waals surface area (Å²) in [4.78, 5) is 11.7. The van der Waals surface area contributed by atoms with Crippen molar-refractivity contribution in [3.05, 3.63) is 70.5 Å². The predicted molar refractivity (Wildman–Crippen MR) is 80.3 cm³/mol. The summed E-state index contributed by atoms with van der Waals surface area (Å²) in [6.07, 6.45) is 3.01. The van der Waals surface area contributed by atoms with Crippen LogP contribution in [-0.2, 0) is 4.79 Å². The molecule has 0 unspecified atom stereocenters. The van der Waals surface area contributed by atoms with E-state index < -0.39 is 0 Å². The fraction of sp³-hybridized carbons (Fsp3) is 0.0625. The van der Waals surface area contributed by atoms with Gasteiger partial charge in [0.05, 0.1) is 0 Å². The van der Waals surface area contributed by atoms with Crippen molar-refractivity contribution in [3.8, 4) is 0 Å². The molecule has 4 heteroatoms. The smallest absolute Gasteiger partial charge is 0.248 e. The molecule has 1 N–H and O–H groups in total. The average Bonchev–Trinajstić information content (AvgIpc) is 2.42. The van der Waals surface area contributed by atoms with Gasteiger partial charge in [0, 0.05) is 16.8 Å². The van der Waals surface area contributed by atoms with E-state index in [9.17, 15) is 9.18 Å². The molecular formula is C16H13ClFNO. The lowest BCUT2D eigenvalue weighted by atomic mass is 10.2. The molecule has 0 bridgehead atoms. The zero-order valence-corrected chi connectivity index (χ0v) is 11.6. The first kappa shape index (κ1) is 14.3. The Balaban J connectivity index is 2.01. The number of aryl methyl sites for hydroxylation is 1. The van der Waals surface area contributed by atoms with Crippen LogP contribution in [0.4, 0.5) is 10.1 Å². The largest absolute Gasteiger partial charge is 0.322 e. The van der Waals surface area contributed by atoms with Crippen LogP contribution in [0.3, 0.4) is 0 Å². The van der Waals surface area contributed by atoms with Crippen molar-refractivity contribution in [1.82, 2.24) is 0 Å². The summed E-state index contributed by atoms with van der Waals surface area (Å²) < 4.78 is 12.7. The van der Waals surface area contributed by atoms with Crippen molar-refractivity contribution < 1.29 is 9.18 Å². The molecule has 2 nitrogen and oxygen atoms in total. The van der Waals surface area contributed by atoms with Crippen LogP contribution in [0.1, 0.15) is 11.1 Å². The SMILES string of the molecule is Cc1ccc(NC(=O)/C=C/c2ccc(F)cc2)cc1Cl. The quantitative estimate of drug-likeness (QED) is 0.832. The van der Waals surface area contributed by atoms with Crippen LogP contribution in [0.2, 0.25) is 5.02 Å². The van der Waals surface area contributed by atoms with E-state index in [2.05, 4.69) is 5.32 Å². The summed E-state index contributed by atoms with van der Waals surface area (Å²) >= 11 is 5.98. The van der Waals surface area contributed by atoms with Crippen LogP contribution in [-0.4, -0.2) is 5.91 Å². The highest BCUT2D eigenvalue weighted by Gasteiger charge is 2.00. The Kier molecular flexibility index (Phi) is 4.53. The summed E-state index contributed by atoms with van der Waals surface area (Å²) in [5, 5.41) is 3.31. The lowest BCUT2D eigenvalue weighted by Gasteiger charge is -2.04. The minimum Gasteiger partial charge on any atom is -0.322 e. The summed E-state index contributed by atoms with van der Waals surface area (Å²) in [7, 11) is 0. The van der Waals surface area contributed by atoms with Gasteiger partial charge in [0.1, 0.15) is 5.82 Å². The molecule has 0 radical (unpaired) electrons. The van der Waals surface area contributed by atoms with Gasteiger partial charge in [-0.25, -0.2) is 4.39 Å². The number of hydrogen-bond donors (Lipinski definition) is 1.